The number of amides is 4. The van der Waals surface area contributed by atoms with Crippen molar-refractivity contribution in [2.24, 2.45) is 11.3 Å². The van der Waals surface area contributed by atoms with Crippen LogP contribution in [-0.2, 0) is 19.2 Å². The lowest BCUT2D eigenvalue weighted by atomic mass is 9.86. The third-order valence-corrected chi connectivity index (χ3v) is 9.80. The van der Waals surface area contributed by atoms with Crippen molar-refractivity contribution in [3.63, 3.8) is 0 Å². The Morgan fingerprint density at radius 3 is 2.54 bits per heavy atom. The maximum Gasteiger partial charge on any atom is 0.289 e. The third-order valence-electron chi connectivity index (χ3n) is 9.80. The van der Waals surface area contributed by atoms with Crippen LogP contribution in [0.2, 0.25) is 0 Å². The zero-order chi connectivity index (χ0) is 28.3. The number of aromatic nitrogens is 1. The molecule has 0 radical (unpaired) electrons. The minimum absolute atomic E-state index is 0.00416. The molecule has 0 bridgehead atoms. The zero-order valence-electron chi connectivity index (χ0n) is 23.2. The molecule has 3 atom stereocenters. The molecule has 10 nitrogen and oxygen atoms in total. The number of hydrogen-bond donors (Lipinski definition) is 4. The minimum Gasteiger partial charge on any atom is -0.356 e. The number of Topliss-reactive ketones (excluding diaryl/α,β-unsaturated/α-hetero) is 1. The van der Waals surface area contributed by atoms with Gasteiger partial charge in [-0.2, -0.15) is 0 Å². The fourth-order valence-corrected chi connectivity index (χ4v) is 6.74. The summed E-state index contributed by atoms with van der Waals surface area (Å²) in [5.41, 5.74) is 2.67. The van der Waals surface area contributed by atoms with Crippen LogP contribution >= 0.6 is 0 Å². The molecular formula is C31H37N5O5. The van der Waals surface area contributed by atoms with E-state index < -0.39 is 35.6 Å². The fourth-order valence-electron chi connectivity index (χ4n) is 6.74. The van der Waals surface area contributed by atoms with Gasteiger partial charge in [-0.1, -0.05) is 12.1 Å². The summed E-state index contributed by atoms with van der Waals surface area (Å²) in [4.78, 5) is 71.0. The average Bonchev–Trinajstić information content (AvgIpc) is 3.91. The molecule has 1 spiro atoms. The second-order valence-electron chi connectivity index (χ2n) is 12.9. The average molecular weight is 560 g/mol. The van der Waals surface area contributed by atoms with Crippen LogP contribution < -0.4 is 16.0 Å². The number of rotatable bonds is 9. The number of carbonyl (C=O) groups excluding carboxylic acids is 5. The summed E-state index contributed by atoms with van der Waals surface area (Å²) < 4.78 is 0. The van der Waals surface area contributed by atoms with E-state index in [4.69, 9.17) is 0 Å². The van der Waals surface area contributed by atoms with Gasteiger partial charge in [-0.3, -0.25) is 24.0 Å². The number of hydrogen-bond acceptors (Lipinski definition) is 5. The molecule has 5 fully saturated rings. The van der Waals surface area contributed by atoms with E-state index in [1.807, 2.05) is 18.2 Å². The highest BCUT2D eigenvalue weighted by Gasteiger charge is 2.51. The molecule has 0 unspecified atom stereocenters. The first-order valence-electron chi connectivity index (χ1n) is 15.2. The molecule has 7 rings (SSSR count). The lowest BCUT2D eigenvalue weighted by Gasteiger charge is -2.39. The van der Waals surface area contributed by atoms with E-state index in [2.05, 4.69) is 27.0 Å². The van der Waals surface area contributed by atoms with Crippen LogP contribution in [0, 0.1) is 11.3 Å². The van der Waals surface area contributed by atoms with Crippen molar-refractivity contribution in [3.05, 3.63) is 35.5 Å². The number of ketones is 1. The molecular weight excluding hydrogens is 522 g/mol. The Hall–Kier alpha value is -3.69. The Kier molecular flexibility index (Phi) is 6.39. The number of H-pyrrole nitrogens is 1. The van der Waals surface area contributed by atoms with E-state index in [0.29, 0.717) is 37.5 Å². The van der Waals surface area contributed by atoms with Gasteiger partial charge < -0.3 is 25.8 Å². The molecule has 1 aromatic carbocycles. The van der Waals surface area contributed by atoms with E-state index in [1.54, 1.807) is 4.90 Å². The largest absolute Gasteiger partial charge is 0.356 e. The number of aromatic amines is 1. The zero-order valence-corrected chi connectivity index (χ0v) is 23.2. The molecule has 2 aromatic rings. The number of likely N-dealkylation sites (tertiary alicyclic amines) is 1. The first-order valence-corrected chi connectivity index (χ1v) is 15.2. The Labute approximate surface area is 238 Å². The summed E-state index contributed by atoms with van der Waals surface area (Å²) in [5.74, 6) is -2.22. The highest BCUT2D eigenvalue weighted by Crippen LogP contribution is 2.55. The normalized spacial score (nSPS) is 25.6. The summed E-state index contributed by atoms with van der Waals surface area (Å²) in [6.07, 6.45) is 7.98. The standard InChI is InChI=1S/C31H37N5O5/c37-26(29(40)33-19-6-7-19)23(14-18-8-12-32-27(18)38)35-28(39)25-16-31(9-10-31)11-13-36(25)30(41)24-15-21-20(17-4-5-17)2-1-3-22(21)34-24/h1-3,15,17-19,23,25,34H,4-14,16H2,(H,32,38)(H,33,40)(H,35,39)/t18-,23-,25-/m0/s1. The van der Waals surface area contributed by atoms with E-state index >= 15 is 0 Å². The smallest absolute Gasteiger partial charge is 0.289 e. The van der Waals surface area contributed by atoms with Gasteiger partial charge in [-0.05, 0) is 93.2 Å². The molecule has 1 aromatic heterocycles. The number of nitrogens with zero attached hydrogens (tertiary/aromatic N) is 1. The van der Waals surface area contributed by atoms with Crippen molar-refractivity contribution < 1.29 is 24.0 Å². The van der Waals surface area contributed by atoms with Crippen LogP contribution in [0.3, 0.4) is 0 Å². The summed E-state index contributed by atoms with van der Waals surface area (Å²) in [6, 6.07) is 6.13. The van der Waals surface area contributed by atoms with Gasteiger partial charge in [0.1, 0.15) is 11.7 Å². The molecule has 3 heterocycles. The quantitative estimate of drug-likeness (QED) is 0.349. The van der Waals surface area contributed by atoms with Crippen molar-refractivity contribution in [2.75, 3.05) is 13.1 Å². The summed E-state index contributed by atoms with van der Waals surface area (Å²) in [7, 11) is 0. The maximum atomic E-state index is 13.9. The Balaban J connectivity index is 1.13. The summed E-state index contributed by atoms with van der Waals surface area (Å²) in [6.45, 7) is 0.959. The first-order chi connectivity index (χ1) is 19.8. The lowest BCUT2D eigenvalue weighted by Crippen LogP contribution is -2.58. The predicted octanol–water partition coefficient (Wildman–Crippen LogP) is 2.29. The molecule has 4 amide bonds. The van der Waals surface area contributed by atoms with Crippen LogP contribution in [0.4, 0.5) is 0 Å². The molecule has 2 saturated heterocycles. The molecule has 3 saturated carbocycles. The second-order valence-corrected chi connectivity index (χ2v) is 12.9. The molecule has 3 aliphatic carbocycles. The van der Waals surface area contributed by atoms with Crippen molar-refractivity contribution >= 4 is 40.3 Å². The molecule has 41 heavy (non-hydrogen) atoms. The van der Waals surface area contributed by atoms with Gasteiger partial charge in [-0.25, -0.2) is 0 Å². The van der Waals surface area contributed by atoms with Crippen LogP contribution in [0.25, 0.3) is 10.9 Å². The molecule has 4 N–H and O–H groups in total. The lowest BCUT2D eigenvalue weighted by molar-refractivity contribution is -0.141. The monoisotopic (exact) mass is 559 g/mol. The highest BCUT2D eigenvalue weighted by atomic mass is 16.2. The van der Waals surface area contributed by atoms with Crippen molar-refractivity contribution in [1.82, 2.24) is 25.8 Å². The Morgan fingerprint density at radius 1 is 1.05 bits per heavy atom. The highest BCUT2D eigenvalue weighted by molar-refractivity contribution is 6.38. The van der Waals surface area contributed by atoms with Gasteiger partial charge in [0.05, 0.1) is 6.04 Å². The number of fused-ring (bicyclic) bond motifs is 1. The molecule has 10 heteroatoms. The van der Waals surface area contributed by atoms with Gasteiger partial charge in [0.15, 0.2) is 0 Å². The third kappa shape index (κ3) is 5.24. The van der Waals surface area contributed by atoms with E-state index in [9.17, 15) is 24.0 Å². The van der Waals surface area contributed by atoms with Gasteiger partial charge in [0.25, 0.3) is 11.8 Å². The van der Waals surface area contributed by atoms with Gasteiger partial charge in [0, 0.05) is 36.0 Å². The molecule has 5 aliphatic rings. The summed E-state index contributed by atoms with van der Waals surface area (Å²) in [5, 5.41) is 9.37. The summed E-state index contributed by atoms with van der Waals surface area (Å²) >= 11 is 0. The number of nitrogens with one attached hydrogen (secondary N) is 4. The van der Waals surface area contributed by atoms with E-state index in [1.165, 1.54) is 5.56 Å². The number of piperidine rings is 1. The van der Waals surface area contributed by atoms with E-state index in [-0.39, 0.29) is 29.7 Å². The van der Waals surface area contributed by atoms with Gasteiger partial charge in [-0.15, -0.1) is 0 Å². The molecule has 2 aliphatic heterocycles. The van der Waals surface area contributed by atoms with Gasteiger partial charge in [0.2, 0.25) is 17.6 Å². The van der Waals surface area contributed by atoms with Crippen molar-refractivity contribution in [1.29, 1.82) is 0 Å². The van der Waals surface area contributed by atoms with Crippen molar-refractivity contribution in [2.45, 2.75) is 88.3 Å². The van der Waals surface area contributed by atoms with E-state index in [0.717, 1.165) is 55.8 Å². The topological polar surface area (TPSA) is 140 Å². The van der Waals surface area contributed by atoms with Crippen molar-refractivity contribution in [3.8, 4) is 0 Å². The van der Waals surface area contributed by atoms with Gasteiger partial charge >= 0.3 is 0 Å². The maximum absolute atomic E-state index is 13.9. The number of carbonyl (C=O) groups is 5. The van der Waals surface area contributed by atoms with Crippen LogP contribution in [0.1, 0.15) is 86.2 Å². The second kappa shape index (κ2) is 9.99. The first kappa shape index (κ1) is 26.2. The Morgan fingerprint density at radius 2 is 1.85 bits per heavy atom. The van der Waals surface area contributed by atoms with Crippen LogP contribution in [0.5, 0.6) is 0 Å². The predicted molar refractivity (Wildman–Crippen MR) is 150 cm³/mol. The molecule has 216 valence electrons. The minimum atomic E-state index is -1.13. The van der Waals surface area contributed by atoms with Crippen LogP contribution in [-0.4, -0.2) is 70.5 Å². The SMILES string of the molecule is O=C(NC1CC1)C(=O)[C@H](C[C@@H]1CCNC1=O)NC(=O)[C@@H]1CC2(CCN1C(=O)c1cc3c(C4CC4)cccc3[nH]1)CC2. The van der Waals surface area contributed by atoms with Crippen LogP contribution in [0.15, 0.2) is 24.3 Å². The number of benzene rings is 1. The Bertz CT molecular complexity index is 1440. The fraction of sp³-hybridized carbons (Fsp3) is 0.581.